The van der Waals surface area contributed by atoms with Crippen LogP contribution < -0.4 is 10.6 Å². The van der Waals surface area contributed by atoms with Crippen LogP contribution in [0.5, 0.6) is 0 Å². The zero-order valence-corrected chi connectivity index (χ0v) is 11.4. The maximum Gasteiger partial charge on any atom is 0.0651 e. The lowest BCUT2D eigenvalue weighted by Crippen LogP contribution is -2.36. The molecule has 1 heterocycles. The van der Waals surface area contributed by atoms with Gasteiger partial charge < -0.3 is 10.6 Å². The molecule has 1 aliphatic rings. The normalized spacial score (nSPS) is 23.6. The van der Waals surface area contributed by atoms with Crippen LogP contribution in [-0.4, -0.2) is 28.8 Å². The highest BCUT2D eigenvalue weighted by molar-refractivity contribution is 5.81. The quantitative estimate of drug-likeness (QED) is 0.790. The van der Waals surface area contributed by atoms with E-state index in [9.17, 15) is 0 Å². The Balaban J connectivity index is 1.59. The van der Waals surface area contributed by atoms with Crippen LogP contribution in [0.2, 0.25) is 0 Å². The predicted molar refractivity (Wildman–Crippen MR) is 79.4 cm³/mol. The van der Waals surface area contributed by atoms with E-state index in [0.29, 0.717) is 6.04 Å². The van der Waals surface area contributed by atoms with E-state index in [1.807, 2.05) is 6.20 Å². The number of H-pyrrole nitrogens is 1. The zero-order valence-electron chi connectivity index (χ0n) is 11.4. The number of aromatic nitrogens is 2. The summed E-state index contributed by atoms with van der Waals surface area (Å²) in [7, 11) is 0. The molecule has 4 heteroatoms. The van der Waals surface area contributed by atoms with Gasteiger partial charge in [0.25, 0.3) is 0 Å². The summed E-state index contributed by atoms with van der Waals surface area (Å²) in [6, 6.07) is 7.74. The molecule has 3 rings (SSSR count). The molecule has 1 fully saturated rings. The number of hydrogen-bond acceptors (Lipinski definition) is 3. The van der Waals surface area contributed by atoms with Crippen molar-refractivity contribution in [2.45, 2.75) is 44.7 Å². The molecule has 0 saturated heterocycles. The second-order valence-corrected chi connectivity index (χ2v) is 5.42. The van der Waals surface area contributed by atoms with E-state index in [1.54, 1.807) is 0 Å². The van der Waals surface area contributed by atoms with E-state index in [2.05, 4.69) is 46.0 Å². The second-order valence-electron chi connectivity index (χ2n) is 5.42. The third kappa shape index (κ3) is 2.89. The van der Waals surface area contributed by atoms with Gasteiger partial charge in [0.1, 0.15) is 0 Å². The van der Waals surface area contributed by atoms with Crippen LogP contribution in [0.4, 0.5) is 5.69 Å². The third-order valence-electron chi connectivity index (χ3n) is 4.03. The Morgan fingerprint density at radius 3 is 2.79 bits per heavy atom. The molecule has 1 aromatic heterocycles. The fourth-order valence-corrected chi connectivity index (χ4v) is 3.00. The largest absolute Gasteiger partial charge is 0.382 e. The number of hydrogen-bond donors (Lipinski definition) is 3. The molecule has 0 bridgehead atoms. The van der Waals surface area contributed by atoms with E-state index in [1.165, 1.54) is 36.8 Å². The van der Waals surface area contributed by atoms with Crippen molar-refractivity contribution in [2.24, 2.45) is 0 Å². The summed E-state index contributed by atoms with van der Waals surface area (Å²) in [5.74, 6) is 0. The molecule has 0 amide bonds. The van der Waals surface area contributed by atoms with Gasteiger partial charge in [-0.1, -0.05) is 6.92 Å². The summed E-state index contributed by atoms with van der Waals surface area (Å²) >= 11 is 0. The molecule has 102 valence electrons. The number of benzene rings is 1. The standard InChI is InChI=1S/C15H22N4/c1-2-16-12-3-5-13(6-4-12)18-14-7-8-15-11(9-14)10-17-19-15/h7-10,12-13,16,18H,2-6H2,1H3,(H,17,19)/t12-,13-. The molecule has 0 spiro atoms. The molecule has 19 heavy (non-hydrogen) atoms. The van der Waals surface area contributed by atoms with Gasteiger partial charge in [-0.15, -0.1) is 0 Å². The van der Waals surface area contributed by atoms with Gasteiger partial charge in [0.05, 0.1) is 11.7 Å². The van der Waals surface area contributed by atoms with E-state index < -0.39 is 0 Å². The van der Waals surface area contributed by atoms with Gasteiger partial charge in [-0.3, -0.25) is 5.10 Å². The highest BCUT2D eigenvalue weighted by atomic mass is 15.1. The number of nitrogens with one attached hydrogen (secondary N) is 3. The Morgan fingerprint density at radius 1 is 1.21 bits per heavy atom. The maximum absolute atomic E-state index is 4.06. The predicted octanol–water partition coefficient (Wildman–Crippen LogP) is 2.90. The Kier molecular flexibility index (Phi) is 3.69. The molecule has 0 atom stereocenters. The fraction of sp³-hybridized carbons (Fsp3) is 0.533. The van der Waals surface area contributed by atoms with Crippen molar-refractivity contribution in [3.63, 3.8) is 0 Å². The van der Waals surface area contributed by atoms with Crippen molar-refractivity contribution in [3.05, 3.63) is 24.4 Å². The van der Waals surface area contributed by atoms with Crippen LogP contribution in [-0.2, 0) is 0 Å². The lowest BCUT2D eigenvalue weighted by atomic mass is 9.91. The summed E-state index contributed by atoms with van der Waals surface area (Å²) in [5, 5.41) is 15.4. The van der Waals surface area contributed by atoms with Crippen molar-refractivity contribution in [1.29, 1.82) is 0 Å². The topological polar surface area (TPSA) is 52.7 Å². The fourth-order valence-electron chi connectivity index (χ4n) is 3.00. The van der Waals surface area contributed by atoms with Gasteiger partial charge >= 0.3 is 0 Å². The van der Waals surface area contributed by atoms with Crippen molar-refractivity contribution >= 4 is 16.6 Å². The Bertz CT molecular complexity index is 526. The molecule has 0 radical (unpaired) electrons. The third-order valence-corrected chi connectivity index (χ3v) is 4.03. The first-order chi connectivity index (χ1) is 9.35. The van der Waals surface area contributed by atoms with Gasteiger partial charge in [-0.2, -0.15) is 5.10 Å². The molecular formula is C15H22N4. The molecule has 0 unspecified atom stereocenters. The SMILES string of the molecule is CCN[C@H]1CC[C@H](Nc2ccc3[nH]ncc3c2)CC1. The first-order valence-corrected chi connectivity index (χ1v) is 7.28. The van der Waals surface area contributed by atoms with Crippen LogP contribution in [0, 0.1) is 0 Å². The molecule has 1 aromatic carbocycles. The lowest BCUT2D eigenvalue weighted by Gasteiger charge is -2.30. The Morgan fingerprint density at radius 2 is 2.00 bits per heavy atom. The number of nitrogens with zero attached hydrogens (tertiary/aromatic N) is 1. The van der Waals surface area contributed by atoms with Gasteiger partial charge in [0.2, 0.25) is 0 Å². The lowest BCUT2D eigenvalue weighted by molar-refractivity contribution is 0.359. The first kappa shape index (κ1) is 12.5. The van der Waals surface area contributed by atoms with Crippen molar-refractivity contribution in [2.75, 3.05) is 11.9 Å². The summed E-state index contributed by atoms with van der Waals surface area (Å²) in [4.78, 5) is 0. The Hall–Kier alpha value is -1.55. The van der Waals surface area contributed by atoms with Crippen LogP contribution >= 0.6 is 0 Å². The highest BCUT2D eigenvalue weighted by Gasteiger charge is 2.20. The van der Waals surface area contributed by atoms with Gasteiger partial charge in [0, 0.05) is 23.2 Å². The van der Waals surface area contributed by atoms with Crippen LogP contribution in [0.25, 0.3) is 10.9 Å². The van der Waals surface area contributed by atoms with Crippen LogP contribution in [0.15, 0.2) is 24.4 Å². The van der Waals surface area contributed by atoms with E-state index in [-0.39, 0.29) is 0 Å². The maximum atomic E-state index is 4.06. The van der Waals surface area contributed by atoms with Gasteiger partial charge in [-0.25, -0.2) is 0 Å². The smallest absolute Gasteiger partial charge is 0.0651 e. The number of aromatic amines is 1. The van der Waals surface area contributed by atoms with Crippen molar-refractivity contribution in [3.8, 4) is 0 Å². The minimum Gasteiger partial charge on any atom is -0.382 e. The van der Waals surface area contributed by atoms with E-state index >= 15 is 0 Å². The molecule has 1 aliphatic carbocycles. The highest BCUT2D eigenvalue weighted by Crippen LogP contribution is 2.24. The average Bonchev–Trinajstić information content (AvgIpc) is 2.89. The molecule has 1 saturated carbocycles. The molecule has 4 nitrogen and oxygen atoms in total. The van der Waals surface area contributed by atoms with Crippen LogP contribution in [0.3, 0.4) is 0 Å². The minimum atomic E-state index is 0.610. The van der Waals surface area contributed by atoms with E-state index in [4.69, 9.17) is 0 Å². The first-order valence-electron chi connectivity index (χ1n) is 7.28. The summed E-state index contributed by atoms with van der Waals surface area (Å²) < 4.78 is 0. The molecule has 2 aromatic rings. The van der Waals surface area contributed by atoms with E-state index in [0.717, 1.165) is 18.1 Å². The summed E-state index contributed by atoms with van der Waals surface area (Å²) in [6.45, 7) is 3.27. The molecule has 3 N–H and O–H groups in total. The average molecular weight is 258 g/mol. The number of anilines is 1. The molecular weight excluding hydrogens is 236 g/mol. The van der Waals surface area contributed by atoms with Gasteiger partial charge in [-0.05, 0) is 50.4 Å². The van der Waals surface area contributed by atoms with Gasteiger partial charge in [0.15, 0.2) is 0 Å². The number of fused-ring (bicyclic) bond motifs is 1. The van der Waals surface area contributed by atoms with Crippen molar-refractivity contribution in [1.82, 2.24) is 15.5 Å². The Labute approximate surface area is 114 Å². The minimum absolute atomic E-state index is 0.610. The van der Waals surface area contributed by atoms with Crippen LogP contribution in [0.1, 0.15) is 32.6 Å². The van der Waals surface area contributed by atoms with Crippen molar-refractivity contribution < 1.29 is 0 Å². The second kappa shape index (κ2) is 5.61. The molecule has 0 aliphatic heterocycles. The summed E-state index contributed by atoms with van der Waals surface area (Å²) in [6.07, 6.45) is 6.93. The summed E-state index contributed by atoms with van der Waals surface area (Å²) in [5.41, 5.74) is 2.31. The number of rotatable bonds is 4. The monoisotopic (exact) mass is 258 g/mol. The zero-order chi connectivity index (χ0) is 13.1.